The van der Waals surface area contributed by atoms with E-state index >= 15 is 0 Å². The number of piperazine rings is 1. The minimum atomic E-state index is -0.618. The number of aromatic nitrogens is 1. The molecule has 0 unspecified atom stereocenters. The van der Waals surface area contributed by atoms with Crippen molar-refractivity contribution in [2.24, 2.45) is 0 Å². The Bertz CT molecular complexity index is 950. The molecule has 184 valence electrons. The van der Waals surface area contributed by atoms with Gasteiger partial charge in [0.2, 0.25) is 0 Å². The molecule has 1 aromatic heterocycles. The second-order valence-electron chi connectivity index (χ2n) is 9.50. The maximum atomic E-state index is 12.7. The van der Waals surface area contributed by atoms with Crippen LogP contribution in [-0.2, 0) is 11.3 Å². The number of para-hydroxylation sites is 2. The zero-order valence-corrected chi connectivity index (χ0v) is 20.6. The standard InChI is InChI=1S/C25H36N6O3/c1-25(2,3)34-24(33)29-21-8-6-5-7-20(21)28-23(32)22-10-9-19(18-27-22)17-26-11-12-31-15-13-30(4)14-16-31/h5-10,18,26H,11-17H2,1-4H3,(H,28,32)(H,29,33). The van der Waals surface area contributed by atoms with Crippen LogP contribution in [0.4, 0.5) is 16.2 Å². The summed E-state index contributed by atoms with van der Waals surface area (Å²) in [7, 11) is 2.16. The van der Waals surface area contributed by atoms with Crippen molar-refractivity contribution in [3.8, 4) is 0 Å². The number of amides is 2. The molecule has 3 N–H and O–H groups in total. The van der Waals surface area contributed by atoms with Crippen LogP contribution in [-0.4, -0.2) is 78.7 Å². The third-order valence-corrected chi connectivity index (χ3v) is 5.40. The molecule has 2 heterocycles. The number of hydrogen-bond donors (Lipinski definition) is 3. The number of carbonyl (C=O) groups is 2. The highest BCUT2D eigenvalue weighted by molar-refractivity contribution is 6.05. The van der Waals surface area contributed by atoms with Crippen molar-refractivity contribution in [3.05, 3.63) is 53.9 Å². The number of benzene rings is 1. The highest BCUT2D eigenvalue weighted by atomic mass is 16.6. The molecule has 2 amide bonds. The minimum Gasteiger partial charge on any atom is -0.444 e. The fourth-order valence-corrected chi connectivity index (χ4v) is 3.51. The predicted molar refractivity (Wildman–Crippen MR) is 134 cm³/mol. The van der Waals surface area contributed by atoms with Crippen LogP contribution in [0.1, 0.15) is 36.8 Å². The van der Waals surface area contributed by atoms with Crippen molar-refractivity contribution in [2.75, 3.05) is 56.9 Å². The fraction of sp³-hybridized carbons (Fsp3) is 0.480. The van der Waals surface area contributed by atoms with E-state index in [2.05, 4.69) is 37.8 Å². The van der Waals surface area contributed by atoms with Crippen LogP contribution < -0.4 is 16.0 Å². The Labute approximate surface area is 201 Å². The number of nitrogens with zero attached hydrogens (tertiary/aromatic N) is 3. The van der Waals surface area contributed by atoms with E-state index < -0.39 is 11.7 Å². The van der Waals surface area contributed by atoms with Gasteiger partial charge in [0.05, 0.1) is 11.4 Å². The Hall–Kier alpha value is -3.01. The summed E-state index contributed by atoms with van der Waals surface area (Å²) in [6.45, 7) is 12.5. The maximum absolute atomic E-state index is 12.7. The van der Waals surface area contributed by atoms with E-state index in [9.17, 15) is 9.59 Å². The third kappa shape index (κ3) is 8.40. The van der Waals surface area contributed by atoms with Gasteiger partial charge in [-0.1, -0.05) is 18.2 Å². The van der Waals surface area contributed by atoms with Gasteiger partial charge in [0.25, 0.3) is 5.91 Å². The van der Waals surface area contributed by atoms with Crippen LogP contribution in [0.5, 0.6) is 0 Å². The molecule has 0 atom stereocenters. The lowest BCUT2D eigenvalue weighted by Crippen LogP contribution is -2.46. The largest absolute Gasteiger partial charge is 0.444 e. The summed E-state index contributed by atoms with van der Waals surface area (Å²) in [6.07, 6.45) is 1.12. The molecule has 34 heavy (non-hydrogen) atoms. The van der Waals surface area contributed by atoms with Crippen LogP contribution >= 0.6 is 0 Å². The molecular formula is C25H36N6O3. The Morgan fingerprint density at radius 2 is 1.68 bits per heavy atom. The first kappa shape index (κ1) is 25.6. The second-order valence-corrected chi connectivity index (χ2v) is 9.50. The first-order valence-corrected chi connectivity index (χ1v) is 11.7. The topological polar surface area (TPSA) is 98.8 Å². The van der Waals surface area contributed by atoms with Crippen molar-refractivity contribution < 1.29 is 14.3 Å². The van der Waals surface area contributed by atoms with Gasteiger partial charge in [-0.2, -0.15) is 0 Å². The molecule has 9 heteroatoms. The Morgan fingerprint density at radius 1 is 1.00 bits per heavy atom. The zero-order valence-electron chi connectivity index (χ0n) is 20.6. The van der Waals surface area contributed by atoms with Gasteiger partial charge in [-0.3, -0.25) is 20.0 Å². The third-order valence-electron chi connectivity index (χ3n) is 5.40. The molecule has 0 bridgehead atoms. The number of likely N-dealkylation sites (N-methyl/N-ethyl adjacent to an activating group) is 1. The van der Waals surface area contributed by atoms with Gasteiger partial charge in [0.1, 0.15) is 11.3 Å². The highest BCUT2D eigenvalue weighted by Gasteiger charge is 2.18. The van der Waals surface area contributed by atoms with E-state index in [1.165, 1.54) is 0 Å². The Kier molecular flexibility index (Phi) is 8.98. The summed E-state index contributed by atoms with van der Waals surface area (Å²) in [5, 5.41) is 8.93. The molecular weight excluding hydrogens is 432 g/mol. The quantitative estimate of drug-likeness (QED) is 0.512. The van der Waals surface area contributed by atoms with Gasteiger partial charge < -0.3 is 20.3 Å². The first-order valence-electron chi connectivity index (χ1n) is 11.7. The van der Waals surface area contributed by atoms with Gasteiger partial charge in [0.15, 0.2) is 0 Å². The van der Waals surface area contributed by atoms with Crippen molar-refractivity contribution in [1.82, 2.24) is 20.1 Å². The van der Waals surface area contributed by atoms with E-state index in [1.54, 1.807) is 57.3 Å². The van der Waals surface area contributed by atoms with Crippen LogP contribution in [0.15, 0.2) is 42.6 Å². The molecule has 1 saturated heterocycles. The van der Waals surface area contributed by atoms with Crippen molar-refractivity contribution in [1.29, 1.82) is 0 Å². The Balaban J connectivity index is 1.48. The monoisotopic (exact) mass is 468 g/mol. The summed E-state index contributed by atoms with van der Waals surface area (Å²) in [6, 6.07) is 10.6. The lowest BCUT2D eigenvalue weighted by molar-refractivity contribution is 0.0635. The molecule has 0 radical (unpaired) electrons. The molecule has 2 aromatic rings. The van der Waals surface area contributed by atoms with Crippen molar-refractivity contribution in [3.63, 3.8) is 0 Å². The molecule has 0 spiro atoms. The zero-order chi connectivity index (χ0) is 24.6. The van der Waals surface area contributed by atoms with E-state index in [-0.39, 0.29) is 5.91 Å². The predicted octanol–water partition coefficient (Wildman–Crippen LogP) is 3.02. The number of nitrogens with one attached hydrogen (secondary N) is 3. The normalized spacial score (nSPS) is 15.1. The number of anilines is 2. The van der Waals surface area contributed by atoms with Gasteiger partial charge in [-0.05, 0) is 51.6 Å². The summed E-state index contributed by atoms with van der Waals surface area (Å²) >= 11 is 0. The second kappa shape index (κ2) is 11.9. The molecule has 0 aliphatic carbocycles. The van der Waals surface area contributed by atoms with Gasteiger partial charge in [-0.25, -0.2) is 4.79 Å². The molecule has 1 aliphatic heterocycles. The lowest BCUT2D eigenvalue weighted by Gasteiger charge is -2.32. The van der Waals surface area contributed by atoms with E-state index in [0.29, 0.717) is 23.6 Å². The molecule has 9 nitrogen and oxygen atoms in total. The first-order chi connectivity index (χ1) is 16.2. The van der Waals surface area contributed by atoms with Crippen molar-refractivity contribution in [2.45, 2.75) is 32.9 Å². The van der Waals surface area contributed by atoms with Crippen LogP contribution in [0.25, 0.3) is 0 Å². The minimum absolute atomic E-state index is 0.299. The van der Waals surface area contributed by atoms with E-state index in [4.69, 9.17) is 4.74 Å². The SMILES string of the molecule is CN1CCN(CCNCc2ccc(C(=O)Nc3ccccc3NC(=O)OC(C)(C)C)nc2)CC1. The molecule has 1 fully saturated rings. The fourth-order valence-electron chi connectivity index (χ4n) is 3.51. The summed E-state index contributed by atoms with van der Waals surface area (Å²) in [5.41, 5.74) is 1.61. The van der Waals surface area contributed by atoms with E-state index in [0.717, 1.165) is 44.8 Å². The average Bonchev–Trinajstić information content (AvgIpc) is 2.78. The van der Waals surface area contributed by atoms with E-state index in [1.807, 2.05) is 6.07 Å². The highest BCUT2D eigenvalue weighted by Crippen LogP contribution is 2.22. The summed E-state index contributed by atoms with van der Waals surface area (Å²) in [5.74, 6) is -0.354. The molecule has 3 rings (SSSR count). The number of pyridine rings is 1. The summed E-state index contributed by atoms with van der Waals surface area (Å²) in [4.78, 5) is 34.0. The van der Waals surface area contributed by atoms with Crippen LogP contribution in [0, 0.1) is 0 Å². The van der Waals surface area contributed by atoms with Gasteiger partial charge >= 0.3 is 6.09 Å². The Morgan fingerprint density at radius 3 is 2.29 bits per heavy atom. The van der Waals surface area contributed by atoms with Crippen LogP contribution in [0.3, 0.4) is 0 Å². The number of rotatable bonds is 8. The van der Waals surface area contributed by atoms with Crippen molar-refractivity contribution >= 4 is 23.4 Å². The van der Waals surface area contributed by atoms with Gasteiger partial charge in [-0.15, -0.1) is 0 Å². The van der Waals surface area contributed by atoms with Gasteiger partial charge in [0, 0.05) is 52.0 Å². The molecule has 0 saturated carbocycles. The number of hydrogen-bond acceptors (Lipinski definition) is 7. The van der Waals surface area contributed by atoms with Crippen LogP contribution in [0.2, 0.25) is 0 Å². The molecule has 1 aliphatic rings. The lowest BCUT2D eigenvalue weighted by atomic mass is 10.2. The summed E-state index contributed by atoms with van der Waals surface area (Å²) < 4.78 is 5.29. The number of carbonyl (C=O) groups excluding carboxylic acids is 2. The average molecular weight is 469 g/mol. The maximum Gasteiger partial charge on any atom is 0.412 e. The number of ether oxygens (including phenoxy) is 1. The smallest absolute Gasteiger partial charge is 0.412 e. The molecule has 1 aromatic carbocycles.